The lowest BCUT2D eigenvalue weighted by atomic mass is 9.93. The fourth-order valence-electron chi connectivity index (χ4n) is 4.52. The molecule has 3 heterocycles. The molecule has 0 aliphatic carbocycles. The summed E-state index contributed by atoms with van der Waals surface area (Å²) in [6.45, 7) is 4.97. The predicted molar refractivity (Wildman–Crippen MR) is 135 cm³/mol. The van der Waals surface area contributed by atoms with E-state index in [-0.39, 0.29) is 25.6 Å². The van der Waals surface area contributed by atoms with Crippen molar-refractivity contribution in [3.63, 3.8) is 0 Å². The molecule has 11 unspecified atom stereocenters. The van der Waals surface area contributed by atoms with Gasteiger partial charge < -0.3 is 33.5 Å². The smallest absolute Gasteiger partial charge is 0.382 e. The lowest BCUT2D eigenvalue weighted by Gasteiger charge is -2.28. The van der Waals surface area contributed by atoms with Crippen LogP contribution in [0.5, 0.6) is 0 Å². The summed E-state index contributed by atoms with van der Waals surface area (Å²) in [5.41, 5.74) is 0. The first-order valence-electron chi connectivity index (χ1n) is 12.5. The quantitative estimate of drug-likeness (QED) is 0.219. The minimum Gasteiger partial charge on any atom is -0.382 e. The Balaban J connectivity index is 1.59. The molecule has 18 heteroatoms. The fourth-order valence-corrected chi connectivity index (χ4v) is 6.65. The van der Waals surface area contributed by atoms with E-state index in [1.165, 1.54) is 7.11 Å². The summed E-state index contributed by atoms with van der Waals surface area (Å²) in [4.78, 5) is 20.8. The molecular weight excluding hydrogens is 543 g/mol. The van der Waals surface area contributed by atoms with Gasteiger partial charge in [0, 0.05) is 25.1 Å². The molecule has 3 aliphatic rings. The van der Waals surface area contributed by atoms with Gasteiger partial charge in [-0.25, -0.2) is 9.13 Å². The van der Waals surface area contributed by atoms with Crippen LogP contribution in [0.25, 0.3) is 0 Å². The second kappa shape index (κ2) is 13.9. The molecule has 0 bridgehead atoms. The maximum absolute atomic E-state index is 13.0. The van der Waals surface area contributed by atoms with E-state index in [1.54, 1.807) is 0 Å². The van der Waals surface area contributed by atoms with Crippen molar-refractivity contribution < 1.29 is 60.7 Å². The fraction of sp³-hybridized carbons (Fsp3) is 1.00. The van der Waals surface area contributed by atoms with E-state index in [0.717, 1.165) is 0 Å². The third-order valence-corrected chi connectivity index (χ3v) is 8.33. The largest absolute Gasteiger partial charge is 0.473 e. The van der Waals surface area contributed by atoms with Crippen molar-refractivity contribution in [3.8, 4) is 0 Å². The molecule has 3 aliphatic heterocycles. The SMILES string of the molecule is [B]C1CC(OP(=O)(O)OCC2OC([B])CC2OP(=O)(O)O[C@@H]2C(COC(C)C)OC([B])C2OC)C(CC)O1. The van der Waals surface area contributed by atoms with Gasteiger partial charge in [-0.15, -0.1) is 0 Å². The summed E-state index contributed by atoms with van der Waals surface area (Å²) < 4.78 is 74.0. The molecule has 3 fully saturated rings. The van der Waals surface area contributed by atoms with E-state index in [9.17, 15) is 18.9 Å². The van der Waals surface area contributed by atoms with Crippen LogP contribution in [-0.2, 0) is 50.9 Å². The van der Waals surface area contributed by atoms with E-state index in [1.807, 2.05) is 20.8 Å². The van der Waals surface area contributed by atoms with Crippen LogP contribution in [0.15, 0.2) is 0 Å². The van der Waals surface area contributed by atoms with Gasteiger partial charge in [0.2, 0.25) is 0 Å². The maximum Gasteiger partial charge on any atom is 0.473 e. The zero-order valence-corrected chi connectivity index (χ0v) is 23.7. The molecule has 12 atom stereocenters. The first-order chi connectivity index (χ1) is 17.7. The lowest BCUT2D eigenvalue weighted by Crippen LogP contribution is -2.39. The highest BCUT2D eigenvalue weighted by Gasteiger charge is 2.49. The Labute approximate surface area is 227 Å². The van der Waals surface area contributed by atoms with E-state index in [4.69, 9.17) is 65.3 Å². The van der Waals surface area contributed by atoms with Crippen molar-refractivity contribution in [3.05, 3.63) is 0 Å². The van der Waals surface area contributed by atoms with Gasteiger partial charge in [-0.2, -0.15) is 0 Å². The third kappa shape index (κ3) is 9.11. The molecule has 212 valence electrons. The van der Waals surface area contributed by atoms with Crippen LogP contribution in [0.3, 0.4) is 0 Å². The van der Waals surface area contributed by atoms with Crippen LogP contribution in [0.1, 0.15) is 40.0 Å². The van der Waals surface area contributed by atoms with Gasteiger partial charge in [-0.1, -0.05) is 6.92 Å². The Hall–Kier alpha value is 0.215. The number of hydrogen-bond donors (Lipinski definition) is 2. The van der Waals surface area contributed by atoms with Gasteiger partial charge in [-0.3, -0.25) is 18.1 Å². The summed E-state index contributed by atoms with van der Waals surface area (Å²) in [5, 5.41) is 0. The first kappa shape index (κ1) is 32.7. The monoisotopic (exact) mass is 578 g/mol. The minimum absolute atomic E-state index is 0.0178. The number of methoxy groups -OCH3 is 1. The number of hydrogen-bond acceptors (Lipinski definition) is 11. The van der Waals surface area contributed by atoms with Crippen molar-refractivity contribution in [1.29, 1.82) is 0 Å². The Bertz CT molecular complexity index is 857. The number of ether oxygens (including phenoxy) is 5. The summed E-state index contributed by atoms with van der Waals surface area (Å²) in [7, 11) is 9.53. The highest BCUT2D eigenvalue weighted by molar-refractivity contribution is 7.47. The molecule has 3 rings (SSSR count). The topological polar surface area (TPSA) is 158 Å². The molecule has 0 aromatic heterocycles. The molecule has 6 radical (unpaired) electrons. The van der Waals surface area contributed by atoms with Gasteiger partial charge in [0.25, 0.3) is 0 Å². The van der Waals surface area contributed by atoms with Gasteiger partial charge in [-0.05, 0) is 33.1 Å². The molecule has 38 heavy (non-hydrogen) atoms. The zero-order chi connectivity index (χ0) is 28.3. The third-order valence-electron chi connectivity index (χ3n) is 6.27. The van der Waals surface area contributed by atoms with Crippen LogP contribution in [-0.4, -0.2) is 120 Å². The van der Waals surface area contributed by atoms with Crippen LogP contribution in [0.4, 0.5) is 0 Å². The minimum atomic E-state index is -4.78. The maximum atomic E-state index is 13.0. The summed E-state index contributed by atoms with van der Waals surface area (Å²) in [5.74, 6) is 0. The first-order valence-corrected chi connectivity index (χ1v) is 15.5. The summed E-state index contributed by atoms with van der Waals surface area (Å²) >= 11 is 0. The molecule has 0 spiro atoms. The van der Waals surface area contributed by atoms with Crippen LogP contribution < -0.4 is 0 Å². The second-order valence-electron chi connectivity index (χ2n) is 9.62. The molecular formula is C20H35B3O13P2. The summed E-state index contributed by atoms with van der Waals surface area (Å²) in [6, 6.07) is -2.44. The molecule has 0 saturated carbocycles. The molecule has 3 saturated heterocycles. The molecule has 2 N–H and O–H groups in total. The van der Waals surface area contributed by atoms with Gasteiger partial charge in [0.05, 0.1) is 37.6 Å². The van der Waals surface area contributed by atoms with Crippen LogP contribution >= 0.6 is 15.6 Å². The van der Waals surface area contributed by atoms with Crippen LogP contribution in [0.2, 0.25) is 0 Å². The van der Waals surface area contributed by atoms with E-state index in [2.05, 4.69) is 0 Å². The summed E-state index contributed by atoms with van der Waals surface area (Å²) in [6.07, 6.45) is -5.59. The molecule has 0 aromatic rings. The van der Waals surface area contributed by atoms with Crippen molar-refractivity contribution in [2.24, 2.45) is 0 Å². The Morgan fingerprint density at radius 2 is 1.42 bits per heavy atom. The average molecular weight is 578 g/mol. The molecule has 13 nitrogen and oxygen atoms in total. The standard InChI is InChI=1S/C20H35B3O13P2/c1-5-11-12(6-16(21)31-11)34-37(24,25)30-9-14-13(7-17(22)32-14)35-38(26,27)36-18-15(8-29-10(2)3)33-20(23)19(18)28-4/h10-20H,5-9H2,1-4H3,(H,24,25)(H,26,27)/t11?,12?,13?,14?,15?,16?,17?,18-,19?,20?/m1/s1. The lowest BCUT2D eigenvalue weighted by molar-refractivity contribution is -0.0581. The van der Waals surface area contributed by atoms with Crippen molar-refractivity contribution >= 4 is 39.2 Å². The van der Waals surface area contributed by atoms with Gasteiger partial charge in [0.15, 0.2) is 0 Å². The number of phosphoric ester groups is 2. The highest BCUT2D eigenvalue weighted by atomic mass is 31.2. The highest BCUT2D eigenvalue weighted by Crippen LogP contribution is 2.52. The number of rotatable bonds is 14. The second-order valence-corrected chi connectivity index (χ2v) is 12.4. The van der Waals surface area contributed by atoms with Crippen molar-refractivity contribution in [2.75, 3.05) is 20.3 Å². The zero-order valence-electron chi connectivity index (χ0n) is 21.9. The van der Waals surface area contributed by atoms with Crippen molar-refractivity contribution in [1.82, 2.24) is 0 Å². The number of phosphoric acid groups is 2. The molecule has 0 aromatic carbocycles. The van der Waals surface area contributed by atoms with Gasteiger partial charge >= 0.3 is 15.6 Å². The van der Waals surface area contributed by atoms with E-state index >= 15 is 0 Å². The average Bonchev–Trinajstić information content (AvgIpc) is 3.43. The van der Waals surface area contributed by atoms with E-state index < -0.39 is 83.0 Å². The van der Waals surface area contributed by atoms with Crippen LogP contribution in [0, 0.1) is 0 Å². The van der Waals surface area contributed by atoms with Crippen molar-refractivity contribution in [2.45, 2.75) is 107 Å². The Morgan fingerprint density at radius 1 is 0.842 bits per heavy atom. The Morgan fingerprint density at radius 3 is 2.00 bits per heavy atom. The predicted octanol–water partition coefficient (Wildman–Crippen LogP) is 0.670. The normalized spacial score (nSPS) is 40.9. The Kier molecular flexibility index (Phi) is 12.0. The molecule has 0 amide bonds. The van der Waals surface area contributed by atoms with E-state index in [0.29, 0.717) is 6.42 Å². The van der Waals surface area contributed by atoms with Gasteiger partial charge in [0.1, 0.15) is 48.0 Å².